The molecule has 0 spiro atoms. The summed E-state index contributed by atoms with van der Waals surface area (Å²) in [5.74, 6) is -0.119. The van der Waals surface area contributed by atoms with Crippen LogP contribution in [0.25, 0.3) is 16.5 Å². The summed E-state index contributed by atoms with van der Waals surface area (Å²) in [6, 6.07) is 10.4. The Hall–Kier alpha value is -2.55. The number of nitrogens with one attached hydrogen (secondary N) is 1. The van der Waals surface area contributed by atoms with Crippen LogP contribution in [0.1, 0.15) is 18.2 Å². The van der Waals surface area contributed by atoms with Gasteiger partial charge in [0.05, 0.1) is 10.5 Å². The van der Waals surface area contributed by atoms with E-state index in [9.17, 15) is 14.9 Å². The summed E-state index contributed by atoms with van der Waals surface area (Å²) >= 11 is 1.43. The predicted molar refractivity (Wildman–Crippen MR) is 122 cm³/mol. The Morgan fingerprint density at radius 1 is 1.17 bits per heavy atom. The second-order valence-corrected chi connectivity index (χ2v) is 8.35. The topological polar surface area (TPSA) is 78.7 Å². The van der Waals surface area contributed by atoms with Crippen LogP contribution in [0.15, 0.2) is 42.5 Å². The normalized spacial score (nSPS) is 15.5. The number of hydrogen-bond acceptors (Lipinski definition) is 6. The number of nitrogens with zero attached hydrogens (tertiary/aromatic N) is 3. The molecule has 160 valence electrons. The molecular formula is C22H28N4O3S. The largest absolute Gasteiger partial charge is 0.353 e. The highest BCUT2D eigenvalue weighted by Gasteiger charge is 2.16. The molecule has 0 unspecified atom stereocenters. The molecule has 0 bridgehead atoms. The second kappa shape index (κ2) is 11.0. The number of likely N-dealkylation sites (N-methyl/N-ethyl adjacent to an activating group) is 1. The zero-order valence-electron chi connectivity index (χ0n) is 17.3. The van der Waals surface area contributed by atoms with Gasteiger partial charge in [-0.25, -0.2) is 0 Å². The number of nitro groups is 1. The standard InChI is InChI=1S/C22H28N4O3S/c1-2-24-14-16-25(17-15-24)13-5-12-23-22(27)11-9-18-8-10-21(30-18)19-6-3-4-7-20(19)26(28)29/h3-4,6-11H,2,5,12-17H2,1H3,(H,23,27)/b11-9+. The summed E-state index contributed by atoms with van der Waals surface area (Å²) in [7, 11) is 0. The van der Waals surface area contributed by atoms with Crippen LogP contribution in [0.4, 0.5) is 5.69 Å². The third kappa shape index (κ3) is 6.22. The maximum absolute atomic E-state index is 12.1. The molecule has 1 amide bonds. The van der Waals surface area contributed by atoms with Crippen LogP contribution in [0.5, 0.6) is 0 Å². The summed E-state index contributed by atoms with van der Waals surface area (Å²) in [6.07, 6.45) is 4.21. The molecule has 1 aliphatic rings. The van der Waals surface area contributed by atoms with Gasteiger partial charge in [-0.3, -0.25) is 14.9 Å². The number of hydrogen-bond donors (Lipinski definition) is 1. The van der Waals surface area contributed by atoms with Crippen LogP contribution in [0.3, 0.4) is 0 Å². The van der Waals surface area contributed by atoms with E-state index in [1.807, 2.05) is 12.1 Å². The lowest BCUT2D eigenvalue weighted by molar-refractivity contribution is -0.384. The number of carbonyl (C=O) groups excluding carboxylic acids is 1. The Morgan fingerprint density at radius 3 is 2.63 bits per heavy atom. The molecule has 3 rings (SSSR count). The fourth-order valence-electron chi connectivity index (χ4n) is 3.49. The maximum atomic E-state index is 12.1. The van der Waals surface area contributed by atoms with Crippen LogP contribution in [-0.2, 0) is 4.79 Å². The number of rotatable bonds is 9. The average molecular weight is 429 g/mol. The molecule has 0 aliphatic carbocycles. The number of amides is 1. The lowest BCUT2D eigenvalue weighted by Crippen LogP contribution is -2.46. The first-order valence-corrected chi connectivity index (χ1v) is 11.1. The number of para-hydroxylation sites is 1. The van der Waals surface area contributed by atoms with Crippen molar-refractivity contribution < 1.29 is 9.72 Å². The van der Waals surface area contributed by atoms with Crippen molar-refractivity contribution >= 4 is 29.0 Å². The average Bonchev–Trinajstić information content (AvgIpc) is 3.24. The predicted octanol–water partition coefficient (Wildman–Crippen LogP) is 3.48. The summed E-state index contributed by atoms with van der Waals surface area (Å²) in [5, 5.41) is 14.1. The van der Waals surface area contributed by atoms with Crippen molar-refractivity contribution in [3.05, 3.63) is 57.5 Å². The van der Waals surface area contributed by atoms with Crippen molar-refractivity contribution in [1.82, 2.24) is 15.1 Å². The van der Waals surface area contributed by atoms with E-state index >= 15 is 0 Å². The Balaban J connectivity index is 1.43. The van der Waals surface area contributed by atoms with Crippen LogP contribution in [0.2, 0.25) is 0 Å². The molecule has 1 fully saturated rings. The minimum atomic E-state index is -0.373. The second-order valence-electron chi connectivity index (χ2n) is 7.23. The third-order valence-electron chi connectivity index (χ3n) is 5.25. The van der Waals surface area contributed by atoms with Gasteiger partial charge in [-0.15, -0.1) is 11.3 Å². The van der Waals surface area contributed by atoms with Crippen molar-refractivity contribution in [3.63, 3.8) is 0 Å². The quantitative estimate of drug-likeness (QED) is 0.286. The van der Waals surface area contributed by atoms with Gasteiger partial charge in [-0.05, 0) is 43.8 Å². The highest BCUT2D eigenvalue weighted by atomic mass is 32.1. The molecule has 1 aromatic heterocycles. The summed E-state index contributed by atoms with van der Waals surface area (Å²) in [4.78, 5) is 29.5. The molecule has 0 atom stereocenters. The first-order chi connectivity index (χ1) is 14.6. The smallest absolute Gasteiger partial charge is 0.278 e. The van der Waals surface area contributed by atoms with Crippen molar-refractivity contribution in [3.8, 4) is 10.4 Å². The fourth-order valence-corrected chi connectivity index (χ4v) is 4.43. The van der Waals surface area contributed by atoms with E-state index in [2.05, 4.69) is 22.0 Å². The molecule has 0 saturated carbocycles. The zero-order chi connectivity index (χ0) is 21.3. The van der Waals surface area contributed by atoms with Gasteiger partial charge in [-0.1, -0.05) is 19.1 Å². The van der Waals surface area contributed by atoms with Crippen molar-refractivity contribution in [2.24, 2.45) is 0 Å². The number of carbonyl (C=O) groups is 1. The lowest BCUT2D eigenvalue weighted by atomic mass is 10.1. The van der Waals surface area contributed by atoms with E-state index < -0.39 is 0 Å². The van der Waals surface area contributed by atoms with Gasteiger partial charge in [0, 0.05) is 54.6 Å². The number of nitro benzene ring substituents is 1. The van der Waals surface area contributed by atoms with Crippen molar-refractivity contribution in [2.75, 3.05) is 45.8 Å². The van der Waals surface area contributed by atoms with Gasteiger partial charge >= 0.3 is 0 Å². The Labute approximate surface area is 181 Å². The highest BCUT2D eigenvalue weighted by Crippen LogP contribution is 2.34. The van der Waals surface area contributed by atoms with E-state index in [0.717, 1.165) is 55.4 Å². The first-order valence-electron chi connectivity index (χ1n) is 10.3. The van der Waals surface area contributed by atoms with Crippen molar-refractivity contribution in [2.45, 2.75) is 13.3 Å². The SMILES string of the molecule is CCN1CCN(CCCNC(=O)/C=C/c2ccc(-c3ccccc3[N+](=O)[O-])s2)CC1. The Bertz CT molecular complexity index is 888. The lowest BCUT2D eigenvalue weighted by Gasteiger charge is -2.33. The zero-order valence-corrected chi connectivity index (χ0v) is 18.1. The minimum absolute atomic E-state index is 0.0868. The van der Waals surface area contributed by atoms with Crippen LogP contribution < -0.4 is 5.32 Å². The van der Waals surface area contributed by atoms with Crippen LogP contribution in [0, 0.1) is 10.1 Å². The van der Waals surface area contributed by atoms with Crippen LogP contribution >= 0.6 is 11.3 Å². The number of thiophene rings is 1. The van der Waals surface area contributed by atoms with E-state index in [1.165, 1.54) is 23.5 Å². The van der Waals surface area contributed by atoms with Gasteiger partial charge in [0.15, 0.2) is 0 Å². The van der Waals surface area contributed by atoms with Gasteiger partial charge < -0.3 is 15.1 Å². The molecule has 2 aromatic rings. The third-order valence-corrected chi connectivity index (χ3v) is 6.34. The number of piperazine rings is 1. The molecule has 2 heterocycles. The van der Waals surface area contributed by atoms with E-state index in [-0.39, 0.29) is 16.5 Å². The summed E-state index contributed by atoms with van der Waals surface area (Å²) in [5.41, 5.74) is 0.681. The van der Waals surface area contributed by atoms with Gasteiger partial charge in [-0.2, -0.15) is 0 Å². The first kappa shape index (κ1) is 22.1. The minimum Gasteiger partial charge on any atom is -0.353 e. The summed E-state index contributed by atoms with van der Waals surface area (Å²) < 4.78 is 0. The maximum Gasteiger partial charge on any atom is 0.278 e. The Kier molecular flexibility index (Phi) is 8.12. The summed E-state index contributed by atoms with van der Waals surface area (Å²) in [6.45, 7) is 9.42. The highest BCUT2D eigenvalue weighted by molar-refractivity contribution is 7.16. The Morgan fingerprint density at radius 2 is 1.90 bits per heavy atom. The van der Waals surface area contributed by atoms with Gasteiger partial charge in [0.1, 0.15) is 0 Å². The molecule has 1 saturated heterocycles. The van der Waals surface area contributed by atoms with Crippen LogP contribution in [-0.4, -0.2) is 66.4 Å². The molecule has 1 N–H and O–H groups in total. The molecular weight excluding hydrogens is 400 g/mol. The number of benzene rings is 1. The monoisotopic (exact) mass is 428 g/mol. The van der Waals surface area contributed by atoms with Gasteiger partial charge in [0.25, 0.3) is 5.69 Å². The molecule has 1 aromatic carbocycles. The molecule has 1 aliphatic heterocycles. The molecule has 7 nitrogen and oxygen atoms in total. The van der Waals surface area contributed by atoms with E-state index in [0.29, 0.717) is 12.1 Å². The molecule has 8 heteroatoms. The van der Waals surface area contributed by atoms with Gasteiger partial charge in [0.2, 0.25) is 5.91 Å². The molecule has 0 radical (unpaired) electrons. The van der Waals surface area contributed by atoms with E-state index in [1.54, 1.807) is 24.3 Å². The van der Waals surface area contributed by atoms with Crippen molar-refractivity contribution in [1.29, 1.82) is 0 Å². The fraction of sp³-hybridized carbons (Fsp3) is 0.409. The van der Waals surface area contributed by atoms with E-state index in [4.69, 9.17) is 0 Å². The molecule has 30 heavy (non-hydrogen) atoms.